The normalized spacial score (nSPS) is 10.4. The van der Waals surface area contributed by atoms with Gasteiger partial charge in [0.05, 0.1) is 0 Å². The van der Waals surface area contributed by atoms with Crippen molar-refractivity contribution in [1.82, 2.24) is 0 Å². The largest absolute Gasteiger partial charge is 0.385 e. The van der Waals surface area contributed by atoms with Crippen molar-refractivity contribution in [3.05, 3.63) is 95.6 Å². The summed E-state index contributed by atoms with van der Waals surface area (Å²) < 4.78 is 26.0. The first-order chi connectivity index (χ1) is 12.6. The van der Waals surface area contributed by atoms with Crippen LogP contribution in [0.2, 0.25) is 0 Å². The quantitative estimate of drug-likeness (QED) is 0.664. The van der Waals surface area contributed by atoms with Gasteiger partial charge in [0.25, 0.3) is 5.91 Å². The van der Waals surface area contributed by atoms with E-state index in [-0.39, 0.29) is 17.3 Å². The molecule has 132 valence electrons. The molecule has 0 unspecified atom stereocenters. The summed E-state index contributed by atoms with van der Waals surface area (Å²) in [5, 5.41) is 6.00. The number of hydrogen-bond acceptors (Lipinski definition) is 2. The predicted octanol–water partition coefficient (Wildman–Crippen LogP) is 4.87. The van der Waals surface area contributed by atoms with E-state index in [1.54, 1.807) is 30.3 Å². The molecule has 5 heteroatoms. The zero-order chi connectivity index (χ0) is 18.4. The summed E-state index contributed by atoms with van der Waals surface area (Å²) in [7, 11) is 0. The van der Waals surface area contributed by atoms with Gasteiger partial charge in [-0.15, -0.1) is 0 Å². The number of hydrogen-bond donors (Lipinski definition) is 2. The average Bonchev–Trinajstić information content (AvgIpc) is 2.65. The molecular weight excluding hydrogens is 334 g/mol. The molecule has 0 bridgehead atoms. The highest BCUT2D eigenvalue weighted by Gasteiger charge is 2.06. The number of anilines is 2. The lowest BCUT2D eigenvalue weighted by atomic mass is 10.1. The molecule has 0 saturated heterocycles. The van der Waals surface area contributed by atoms with Crippen molar-refractivity contribution in [2.45, 2.75) is 6.42 Å². The zero-order valence-electron chi connectivity index (χ0n) is 14.0. The molecule has 0 spiro atoms. The van der Waals surface area contributed by atoms with E-state index in [4.69, 9.17) is 0 Å². The van der Waals surface area contributed by atoms with Crippen molar-refractivity contribution in [1.29, 1.82) is 0 Å². The number of amides is 1. The van der Waals surface area contributed by atoms with Crippen molar-refractivity contribution in [2.24, 2.45) is 0 Å². The van der Waals surface area contributed by atoms with E-state index >= 15 is 0 Å². The summed E-state index contributed by atoms with van der Waals surface area (Å²) in [4.78, 5) is 12.1. The molecule has 0 saturated carbocycles. The smallest absolute Gasteiger partial charge is 0.255 e. The lowest BCUT2D eigenvalue weighted by Gasteiger charge is -2.09. The van der Waals surface area contributed by atoms with E-state index in [2.05, 4.69) is 10.6 Å². The minimum Gasteiger partial charge on any atom is -0.385 e. The first kappa shape index (κ1) is 17.6. The second-order valence-corrected chi connectivity index (χ2v) is 5.85. The average molecular weight is 352 g/mol. The van der Waals surface area contributed by atoms with Crippen molar-refractivity contribution in [2.75, 3.05) is 17.2 Å². The standard InChI is InChI=1S/C21H18F2N2O/c22-17-6-4-15(5-7-17)12-13-24-19-8-10-20(11-9-19)25-21(26)16-2-1-3-18(23)14-16/h1-11,14,24H,12-13H2,(H,25,26). The Morgan fingerprint density at radius 2 is 1.50 bits per heavy atom. The third-order valence-electron chi connectivity index (χ3n) is 3.89. The van der Waals surface area contributed by atoms with Crippen molar-refractivity contribution >= 4 is 17.3 Å². The van der Waals surface area contributed by atoms with Crippen LogP contribution in [-0.4, -0.2) is 12.5 Å². The van der Waals surface area contributed by atoms with Crippen molar-refractivity contribution in [3.63, 3.8) is 0 Å². The fourth-order valence-corrected chi connectivity index (χ4v) is 2.51. The number of halogens is 2. The van der Waals surface area contributed by atoms with Gasteiger partial charge in [-0.3, -0.25) is 4.79 Å². The number of carbonyl (C=O) groups is 1. The second kappa shape index (κ2) is 8.25. The van der Waals surface area contributed by atoms with Crippen LogP contribution in [0, 0.1) is 11.6 Å². The van der Waals surface area contributed by atoms with Crippen LogP contribution in [0.25, 0.3) is 0 Å². The van der Waals surface area contributed by atoms with Gasteiger partial charge >= 0.3 is 0 Å². The van der Waals surface area contributed by atoms with Gasteiger partial charge in [0.1, 0.15) is 11.6 Å². The Bertz CT molecular complexity index is 877. The molecule has 26 heavy (non-hydrogen) atoms. The maximum Gasteiger partial charge on any atom is 0.255 e. The Morgan fingerprint density at radius 3 is 2.19 bits per heavy atom. The molecule has 0 aliphatic heterocycles. The third kappa shape index (κ3) is 4.89. The van der Waals surface area contributed by atoms with Gasteiger partial charge in [0.15, 0.2) is 0 Å². The van der Waals surface area contributed by atoms with E-state index in [0.29, 0.717) is 12.2 Å². The summed E-state index contributed by atoms with van der Waals surface area (Å²) in [5.74, 6) is -1.04. The van der Waals surface area contributed by atoms with Gasteiger partial charge in [-0.1, -0.05) is 18.2 Å². The van der Waals surface area contributed by atoms with Crippen LogP contribution < -0.4 is 10.6 Å². The minimum atomic E-state index is -0.446. The number of nitrogens with one attached hydrogen (secondary N) is 2. The predicted molar refractivity (Wildman–Crippen MR) is 99.4 cm³/mol. The maximum atomic E-state index is 13.2. The number of benzene rings is 3. The molecule has 0 aromatic heterocycles. The summed E-state index contributed by atoms with van der Waals surface area (Å²) in [6, 6.07) is 19.2. The van der Waals surface area contributed by atoms with Crippen LogP contribution >= 0.6 is 0 Å². The van der Waals surface area contributed by atoms with Crippen LogP contribution in [0.5, 0.6) is 0 Å². The van der Waals surface area contributed by atoms with Gasteiger partial charge in [0.2, 0.25) is 0 Å². The van der Waals surface area contributed by atoms with Crippen molar-refractivity contribution in [3.8, 4) is 0 Å². The van der Waals surface area contributed by atoms with Gasteiger partial charge < -0.3 is 10.6 Å². The zero-order valence-corrected chi connectivity index (χ0v) is 14.0. The lowest BCUT2D eigenvalue weighted by molar-refractivity contribution is 0.102. The van der Waals surface area contributed by atoms with Crippen LogP contribution in [0.15, 0.2) is 72.8 Å². The van der Waals surface area contributed by atoms with Crippen LogP contribution in [0.3, 0.4) is 0 Å². The third-order valence-corrected chi connectivity index (χ3v) is 3.89. The molecule has 2 N–H and O–H groups in total. The SMILES string of the molecule is O=C(Nc1ccc(NCCc2ccc(F)cc2)cc1)c1cccc(F)c1. The fraction of sp³-hybridized carbons (Fsp3) is 0.0952. The Hall–Kier alpha value is -3.21. The van der Waals surface area contributed by atoms with E-state index in [9.17, 15) is 13.6 Å². The Balaban J connectivity index is 1.51. The number of carbonyl (C=O) groups excluding carboxylic acids is 1. The Labute approximate surface area is 150 Å². The van der Waals surface area contributed by atoms with E-state index < -0.39 is 5.82 Å². The van der Waals surface area contributed by atoms with Gasteiger partial charge in [-0.05, 0) is 66.6 Å². The monoisotopic (exact) mass is 352 g/mol. The molecule has 0 aliphatic carbocycles. The topological polar surface area (TPSA) is 41.1 Å². The maximum absolute atomic E-state index is 13.2. The number of rotatable bonds is 6. The molecule has 1 amide bonds. The van der Waals surface area contributed by atoms with Crippen molar-refractivity contribution < 1.29 is 13.6 Å². The summed E-state index contributed by atoms with van der Waals surface area (Å²) in [5.41, 5.74) is 2.86. The molecule has 3 aromatic carbocycles. The Morgan fingerprint density at radius 1 is 0.808 bits per heavy atom. The van der Waals surface area contributed by atoms with E-state index in [1.165, 1.54) is 30.3 Å². The fourth-order valence-electron chi connectivity index (χ4n) is 2.51. The molecule has 0 fully saturated rings. The van der Waals surface area contributed by atoms with Crippen LogP contribution in [0.4, 0.5) is 20.2 Å². The molecule has 3 nitrogen and oxygen atoms in total. The van der Waals surface area contributed by atoms with E-state index in [1.807, 2.05) is 12.1 Å². The second-order valence-electron chi connectivity index (χ2n) is 5.85. The lowest BCUT2D eigenvalue weighted by Crippen LogP contribution is -2.12. The van der Waals surface area contributed by atoms with Crippen LogP contribution in [0.1, 0.15) is 15.9 Å². The summed E-state index contributed by atoms with van der Waals surface area (Å²) >= 11 is 0. The highest BCUT2D eigenvalue weighted by Crippen LogP contribution is 2.15. The molecule has 0 radical (unpaired) electrons. The van der Waals surface area contributed by atoms with Gasteiger partial charge in [-0.25, -0.2) is 8.78 Å². The summed E-state index contributed by atoms with van der Waals surface area (Å²) in [6.45, 7) is 0.709. The highest BCUT2D eigenvalue weighted by molar-refractivity contribution is 6.04. The first-order valence-corrected chi connectivity index (χ1v) is 8.25. The minimum absolute atomic E-state index is 0.238. The molecule has 0 aliphatic rings. The molecule has 3 rings (SSSR count). The molecule has 0 atom stereocenters. The van der Waals surface area contributed by atoms with Gasteiger partial charge in [0, 0.05) is 23.5 Å². The summed E-state index contributed by atoms with van der Waals surface area (Å²) in [6.07, 6.45) is 0.776. The molecular formula is C21H18F2N2O. The molecule has 0 heterocycles. The van der Waals surface area contributed by atoms with Gasteiger partial charge in [-0.2, -0.15) is 0 Å². The first-order valence-electron chi connectivity index (χ1n) is 8.25. The molecule has 3 aromatic rings. The van der Waals surface area contributed by atoms with E-state index in [0.717, 1.165) is 17.7 Å². The van der Waals surface area contributed by atoms with Crippen LogP contribution in [-0.2, 0) is 6.42 Å². The Kier molecular flexibility index (Phi) is 5.59. The highest BCUT2D eigenvalue weighted by atomic mass is 19.1.